The van der Waals surface area contributed by atoms with Crippen LogP contribution in [0.5, 0.6) is 17.2 Å². The normalized spacial score (nSPS) is 10.9. The van der Waals surface area contributed by atoms with E-state index in [9.17, 15) is 20.1 Å². The van der Waals surface area contributed by atoms with E-state index in [1.165, 1.54) is 6.07 Å². The maximum absolute atomic E-state index is 12.6. The number of fused-ring (bicyclic) bond motifs is 1. The SMILES string of the molecule is CC(C)=CCc1c(O)cc2oc(-c3ccc(C)cc3)c(O)c(=O)c2c1O. The fraction of sp³-hybridized carbons (Fsp3) is 0.190. The molecule has 0 atom stereocenters. The number of hydrogen-bond donors (Lipinski definition) is 3. The van der Waals surface area contributed by atoms with Crippen molar-refractivity contribution in [3.8, 4) is 28.6 Å². The third-order valence-electron chi connectivity index (χ3n) is 4.24. The van der Waals surface area contributed by atoms with E-state index < -0.39 is 11.2 Å². The molecule has 0 saturated carbocycles. The summed E-state index contributed by atoms with van der Waals surface area (Å²) in [6.07, 6.45) is 2.08. The van der Waals surface area contributed by atoms with E-state index in [4.69, 9.17) is 4.42 Å². The van der Waals surface area contributed by atoms with E-state index >= 15 is 0 Å². The van der Waals surface area contributed by atoms with Gasteiger partial charge in [0.05, 0.1) is 0 Å². The third-order valence-corrected chi connectivity index (χ3v) is 4.24. The molecule has 3 aromatic rings. The van der Waals surface area contributed by atoms with Crippen LogP contribution in [-0.2, 0) is 6.42 Å². The monoisotopic (exact) mass is 352 g/mol. The third kappa shape index (κ3) is 3.04. The van der Waals surface area contributed by atoms with Crippen LogP contribution in [-0.4, -0.2) is 15.3 Å². The van der Waals surface area contributed by atoms with E-state index in [-0.39, 0.29) is 40.2 Å². The lowest BCUT2D eigenvalue weighted by molar-refractivity contribution is 0.433. The van der Waals surface area contributed by atoms with Crippen LogP contribution in [0, 0.1) is 6.92 Å². The topological polar surface area (TPSA) is 90.9 Å². The van der Waals surface area contributed by atoms with Crippen LogP contribution >= 0.6 is 0 Å². The Labute approximate surface area is 150 Å². The van der Waals surface area contributed by atoms with Gasteiger partial charge in [0.1, 0.15) is 22.5 Å². The second-order valence-electron chi connectivity index (χ2n) is 6.56. The molecule has 26 heavy (non-hydrogen) atoms. The molecule has 0 aliphatic rings. The molecule has 5 heteroatoms. The van der Waals surface area contributed by atoms with Gasteiger partial charge in [-0.15, -0.1) is 0 Å². The smallest absolute Gasteiger partial charge is 0.238 e. The van der Waals surface area contributed by atoms with Crippen molar-refractivity contribution in [1.82, 2.24) is 0 Å². The van der Waals surface area contributed by atoms with Gasteiger partial charge in [-0.25, -0.2) is 0 Å². The average molecular weight is 352 g/mol. The molecule has 0 radical (unpaired) electrons. The zero-order valence-electron chi connectivity index (χ0n) is 14.8. The molecule has 2 aromatic carbocycles. The van der Waals surface area contributed by atoms with Crippen LogP contribution in [0.25, 0.3) is 22.3 Å². The first-order chi connectivity index (χ1) is 12.3. The van der Waals surface area contributed by atoms with E-state index in [1.807, 2.05) is 39.0 Å². The second kappa shape index (κ2) is 6.59. The van der Waals surface area contributed by atoms with Crippen molar-refractivity contribution >= 4 is 11.0 Å². The minimum absolute atomic E-state index is 0.00153. The largest absolute Gasteiger partial charge is 0.507 e. The van der Waals surface area contributed by atoms with Gasteiger partial charge in [0.15, 0.2) is 5.76 Å². The maximum atomic E-state index is 12.6. The average Bonchev–Trinajstić information content (AvgIpc) is 2.58. The Balaban J connectivity index is 2.28. The molecule has 1 heterocycles. The van der Waals surface area contributed by atoms with E-state index in [2.05, 4.69) is 0 Å². The second-order valence-corrected chi connectivity index (χ2v) is 6.56. The highest BCUT2D eigenvalue weighted by molar-refractivity contribution is 5.89. The van der Waals surface area contributed by atoms with Gasteiger partial charge < -0.3 is 19.7 Å². The number of phenols is 2. The summed E-state index contributed by atoms with van der Waals surface area (Å²) in [4.78, 5) is 12.6. The first-order valence-corrected chi connectivity index (χ1v) is 8.23. The number of phenolic OH excluding ortho intramolecular Hbond substituents is 2. The standard InChI is InChI=1S/C21H20O5/c1-11(2)4-9-14-15(22)10-16-17(18(14)23)19(24)20(25)21(26-16)13-7-5-12(3)6-8-13/h4-8,10,22-23,25H,9H2,1-3H3. The quantitative estimate of drug-likeness (QED) is 0.608. The van der Waals surface area contributed by atoms with E-state index in [0.29, 0.717) is 5.56 Å². The lowest BCUT2D eigenvalue weighted by atomic mass is 10.0. The Bertz CT molecular complexity index is 1070. The first kappa shape index (κ1) is 17.6. The molecule has 1 aromatic heterocycles. The van der Waals surface area contributed by atoms with Gasteiger partial charge in [-0.2, -0.15) is 0 Å². The molecule has 3 N–H and O–H groups in total. The van der Waals surface area contributed by atoms with Crippen molar-refractivity contribution in [1.29, 1.82) is 0 Å². The Morgan fingerprint density at radius 3 is 2.35 bits per heavy atom. The maximum Gasteiger partial charge on any atom is 0.238 e. The summed E-state index contributed by atoms with van der Waals surface area (Å²) in [7, 11) is 0. The molecule has 0 fully saturated rings. The zero-order valence-corrected chi connectivity index (χ0v) is 14.8. The molecule has 0 aliphatic heterocycles. The molecule has 0 amide bonds. The highest BCUT2D eigenvalue weighted by atomic mass is 16.4. The first-order valence-electron chi connectivity index (χ1n) is 8.23. The fourth-order valence-electron chi connectivity index (χ4n) is 2.76. The van der Waals surface area contributed by atoms with Crippen molar-refractivity contribution in [2.24, 2.45) is 0 Å². The predicted octanol–water partition coefficient (Wildman–Crippen LogP) is 4.39. The molecule has 0 unspecified atom stereocenters. The number of aryl methyl sites for hydroxylation is 1. The number of benzene rings is 2. The van der Waals surface area contributed by atoms with Gasteiger partial charge in [-0.1, -0.05) is 41.5 Å². The Hall–Kier alpha value is -3.21. The van der Waals surface area contributed by atoms with Crippen LogP contribution in [0.1, 0.15) is 25.0 Å². The summed E-state index contributed by atoms with van der Waals surface area (Å²) in [5.41, 5.74) is 2.05. The van der Waals surface area contributed by atoms with Crippen LogP contribution in [0.2, 0.25) is 0 Å². The van der Waals surface area contributed by atoms with Crippen molar-refractivity contribution in [2.45, 2.75) is 27.2 Å². The summed E-state index contributed by atoms with van der Waals surface area (Å²) in [5.74, 6) is -1.12. The van der Waals surface area contributed by atoms with Crippen LogP contribution in [0.15, 0.2) is 51.2 Å². The Kier molecular flexibility index (Phi) is 4.47. The van der Waals surface area contributed by atoms with Crippen molar-refractivity contribution < 1.29 is 19.7 Å². The molecule has 5 nitrogen and oxygen atoms in total. The number of hydrogen-bond acceptors (Lipinski definition) is 5. The van der Waals surface area contributed by atoms with Crippen LogP contribution in [0.3, 0.4) is 0 Å². The number of aromatic hydroxyl groups is 3. The van der Waals surface area contributed by atoms with Crippen LogP contribution in [0.4, 0.5) is 0 Å². The highest BCUT2D eigenvalue weighted by Crippen LogP contribution is 2.38. The molecule has 134 valence electrons. The molecule has 0 spiro atoms. The minimum atomic E-state index is -0.738. The van der Waals surface area contributed by atoms with Gasteiger partial charge in [0.2, 0.25) is 11.2 Å². The Morgan fingerprint density at radius 1 is 1.08 bits per heavy atom. The summed E-state index contributed by atoms with van der Waals surface area (Å²) in [6.45, 7) is 5.70. The lowest BCUT2D eigenvalue weighted by Gasteiger charge is -2.11. The molecule has 0 saturated heterocycles. The predicted molar refractivity (Wildman–Crippen MR) is 101 cm³/mol. The Morgan fingerprint density at radius 2 is 1.73 bits per heavy atom. The van der Waals surface area contributed by atoms with Gasteiger partial charge in [0.25, 0.3) is 0 Å². The van der Waals surface area contributed by atoms with Crippen LogP contribution < -0.4 is 5.43 Å². The van der Waals surface area contributed by atoms with E-state index in [1.54, 1.807) is 12.1 Å². The molecule has 0 aliphatic carbocycles. The lowest BCUT2D eigenvalue weighted by Crippen LogP contribution is -2.04. The molecule has 3 rings (SSSR count). The van der Waals surface area contributed by atoms with E-state index in [0.717, 1.165) is 11.1 Å². The summed E-state index contributed by atoms with van der Waals surface area (Å²) >= 11 is 0. The van der Waals surface area contributed by atoms with Gasteiger partial charge >= 0.3 is 0 Å². The van der Waals surface area contributed by atoms with Crippen molar-refractivity contribution in [3.63, 3.8) is 0 Å². The molecule has 0 bridgehead atoms. The van der Waals surface area contributed by atoms with Crippen molar-refractivity contribution in [3.05, 3.63) is 63.3 Å². The van der Waals surface area contributed by atoms with Gasteiger partial charge in [-0.3, -0.25) is 4.79 Å². The summed E-state index contributed by atoms with van der Waals surface area (Å²) in [6, 6.07) is 8.40. The van der Waals surface area contributed by atoms with Gasteiger partial charge in [-0.05, 0) is 27.2 Å². The summed E-state index contributed by atoms with van der Waals surface area (Å²) < 4.78 is 5.66. The summed E-state index contributed by atoms with van der Waals surface area (Å²) in [5, 5.41) is 30.9. The fourth-order valence-corrected chi connectivity index (χ4v) is 2.76. The zero-order chi connectivity index (χ0) is 19.0. The highest BCUT2D eigenvalue weighted by Gasteiger charge is 2.21. The molecular formula is C21H20O5. The number of rotatable bonds is 3. The minimum Gasteiger partial charge on any atom is -0.507 e. The van der Waals surface area contributed by atoms with Gasteiger partial charge in [0, 0.05) is 17.2 Å². The number of allylic oxidation sites excluding steroid dienone is 2. The molecular weight excluding hydrogens is 332 g/mol. The van der Waals surface area contributed by atoms with Crippen molar-refractivity contribution in [2.75, 3.05) is 0 Å².